The zero-order chi connectivity index (χ0) is 13.7. The molecule has 0 atom stereocenters. The number of ether oxygens (including phenoxy) is 1. The van der Waals surface area contributed by atoms with E-state index in [4.69, 9.17) is 25.9 Å². The Morgan fingerprint density at radius 3 is 2.58 bits per heavy atom. The Balaban J connectivity index is 1.97. The third kappa shape index (κ3) is 3.74. The van der Waals surface area contributed by atoms with E-state index in [1.165, 1.54) is 12.1 Å². The number of furan rings is 1. The maximum Gasteiger partial charge on any atom is 0.291 e. The summed E-state index contributed by atoms with van der Waals surface area (Å²) in [4.78, 5) is 11.8. The summed E-state index contributed by atoms with van der Waals surface area (Å²) in [7, 11) is 0. The molecule has 0 unspecified atom stereocenters. The molecule has 0 bridgehead atoms. The maximum atomic E-state index is 11.8. The maximum absolute atomic E-state index is 11.8. The highest BCUT2D eigenvalue weighted by molar-refractivity contribution is 6.29. The Morgan fingerprint density at radius 1 is 1.26 bits per heavy atom. The molecule has 0 spiro atoms. The van der Waals surface area contributed by atoms with Gasteiger partial charge in [-0.25, -0.2) is 0 Å². The van der Waals surface area contributed by atoms with Crippen LogP contribution in [0.2, 0.25) is 5.22 Å². The lowest BCUT2D eigenvalue weighted by Crippen LogP contribution is -2.10. The van der Waals surface area contributed by atoms with Gasteiger partial charge in [0.1, 0.15) is 12.4 Å². The van der Waals surface area contributed by atoms with E-state index in [2.05, 4.69) is 5.32 Å². The molecule has 2 N–H and O–H groups in total. The number of halogens is 1. The minimum absolute atomic E-state index is 0.0439. The predicted octanol–water partition coefficient (Wildman–Crippen LogP) is 2.56. The van der Waals surface area contributed by atoms with Crippen LogP contribution in [0.1, 0.15) is 10.6 Å². The van der Waals surface area contributed by atoms with Crippen LogP contribution in [0.25, 0.3) is 0 Å². The molecule has 100 valence electrons. The summed E-state index contributed by atoms with van der Waals surface area (Å²) in [6.45, 7) is 0.189. The summed E-state index contributed by atoms with van der Waals surface area (Å²) in [5.41, 5.74) is 0.605. The summed E-state index contributed by atoms with van der Waals surface area (Å²) in [5, 5.41) is 11.4. The van der Waals surface area contributed by atoms with Crippen molar-refractivity contribution in [2.24, 2.45) is 0 Å². The summed E-state index contributed by atoms with van der Waals surface area (Å²) < 4.78 is 10.2. The van der Waals surface area contributed by atoms with Crippen LogP contribution in [0, 0.1) is 0 Å². The van der Waals surface area contributed by atoms with E-state index >= 15 is 0 Å². The van der Waals surface area contributed by atoms with Crippen LogP contribution < -0.4 is 10.1 Å². The van der Waals surface area contributed by atoms with E-state index in [9.17, 15) is 4.79 Å². The number of carbonyl (C=O) groups excluding carboxylic acids is 1. The topological polar surface area (TPSA) is 71.7 Å². The van der Waals surface area contributed by atoms with Gasteiger partial charge in [-0.05, 0) is 48.0 Å². The molecular formula is C13H12ClNO4. The zero-order valence-electron chi connectivity index (χ0n) is 9.93. The highest BCUT2D eigenvalue weighted by Crippen LogP contribution is 2.18. The summed E-state index contributed by atoms with van der Waals surface area (Å²) in [6.07, 6.45) is 0. The molecule has 2 aromatic rings. The number of amides is 1. The molecule has 0 aliphatic rings. The number of aliphatic hydroxyl groups is 1. The second-order valence-corrected chi connectivity index (χ2v) is 4.03. The zero-order valence-corrected chi connectivity index (χ0v) is 10.7. The molecule has 1 aromatic carbocycles. The monoisotopic (exact) mass is 281 g/mol. The van der Waals surface area contributed by atoms with Crippen molar-refractivity contribution in [1.82, 2.24) is 0 Å². The van der Waals surface area contributed by atoms with E-state index < -0.39 is 0 Å². The Hall–Kier alpha value is -1.98. The summed E-state index contributed by atoms with van der Waals surface area (Å²) >= 11 is 5.59. The highest BCUT2D eigenvalue weighted by atomic mass is 35.5. The Labute approximate surface area is 114 Å². The molecule has 6 heteroatoms. The first-order chi connectivity index (χ1) is 9.19. The van der Waals surface area contributed by atoms with E-state index in [-0.39, 0.29) is 30.1 Å². The minimum Gasteiger partial charge on any atom is -0.491 e. The van der Waals surface area contributed by atoms with Crippen LogP contribution in [0.3, 0.4) is 0 Å². The average molecular weight is 282 g/mol. The lowest BCUT2D eigenvalue weighted by Gasteiger charge is -2.06. The number of rotatable bonds is 5. The van der Waals surface area contributed by atoms with Gasteiger partial charge in [0.2, 0.25) is 0 Å². The lowest BCUT2D eigenvalue weighted by atomic mass is 10.3. The number of hydrogen-bond acceptors (Lipinski definition) is 4. The largest absolute Gasteiger partial charge is 0.491 e. The van der Waals surface area contributed by atoms with Gasteiger partial charge in [0.25, 0.3) is 5.91 Å². The number of anilines is 1. The van der Waals surface area contributed by atoms with Gasteiger partial charge in [-0.3, -0.25) is 4.79 Å². The first-order valence-electron chi connectivity index (χ1n) is 5.59. The molecule has 0 saturated heterocycles. The molecular weight excluding hydrogens is 270 g/mol. The fraction of sp³-hybridized carbons (Fsp3) is 0.154. The highest BCUT2D eigenvalue weighted by Gasteiger charge is 2.10. The minimum atomic E-state index is -0.379. The van der Waals surface area contributed by atoms with Crippen molar-refractivity contribution in [3.63, 3.8) is 0 Å². The number of benzene rings is 1. The van der Waals surface area contributed by atoms with Gasteiger partial charge in [-0.2, -0.15) is 0 Å². The Bertz CT molecular complexity index is 550. The molecule has 0 aliphatic carbocycles. The van der Waals surface area contributed by atoms with E-state index in [1.807, 2.05) is 0 Å². The molecule has 0 aliphatic heterocycles. The van der Waals surface area contributed by atoms with Gasteiger partial charge in [-0.1, -0.05) is 0 Å². The van der Waals surface area contributed by atoms with E-state index in [1.54, 1.807) is 24.3 Å². The second-order valence-electron chi connectivity index (χ2n) is 3.65. The number of hydrogen-bond donors (Lipinski definition) is 2. The lowest BCUT2D eigenvalue weighted by molar-refractivity contribution is 0.0997. The van der Waals surface area contributed by atoms with Crippen molar-refractivity contribution in [3.8, 4) is 5.75 Å². The standard InChI is InChI=1S/C13H12ClNO4/c14-12-6-5-11(19-12)13(17)15-9-1-3-10(4-2-9)18-8-7-16/h1-6,16H,7-8H2,(H,15,17). The van der Waals surface area contributed by atoms with Crippen molar-refractivity contribution in [2.45, 2.75) is 0 Å². The number of nitrogens with one attached hydrogen (secondary N) is 1. The van der Waals surface area contributed by atoms with Crippen LogP contribution in [-0.2, 0) is 0 Å². The van der Waals surface area contributed by atoms with Crippen LogP contribution in [0.4, 0.5) is 5.69 Å². The predicted molar refractivity (Wildman–Crippen MR) is 70.7 cm³/mol. The summed E-state index contributed by atoms with van der Waals surface area (Å²) in [6, 6.07) is 9.77. The molecule has 1 aromatic heterocycles. The van der Waals surface area contributed by atoms with Crippen LogP contribution >= 0.6 is 11.6 Å². The smallest absolute Gasteiger partial charge is 0.291 e. The third-order valence-corrected chi connectivity index (χ3v) is 2.47. The number of aliphatic hydroxyl groups excluding tert-OH is 1. The summed E-state index contributed by atoms with van der Waals surface area (Å²) in [5.74, 6) is 0.384. The van der Waals surface area contributed by atoms with Crippen molar-refractivity contribution < 1.29 is 19.1 Å². The molecule has 2 rings (SSSR count). The number of carbonyl (C=O) groups is 1. The normalized spacial score (nSPS) is 10.2. The Morgan fingerprint density at radius 2 is 2.00 bits per heavy atom. The SMILES string of the molecule is O=C(Nc1ccc(OCCO)cc1)c1ccc(Cl)o1. The average Bonchev–Trinajstić information content (AvgIpc) is 2.85. The molecule has 19 heavy (non-hydrogen) atoms. The van der Waals surface area contributed by atoms with Crippen molar-refractivity contribution in [1.29, 1.82) is 0 Å². The van der Waals surface area contributed by atoms with Gasteiger partial charge in [0, 0.05) is 5.69 Å². The third-order valence-electron chi connectivity index (χ3n) is 2.27. The van der Waals surface area contributed by atoms with Crippen LogP contribution in [0.5, 0.6) is 5.75 Å². The van der Waals surface area contributed by atoms with Crippen molar-refractivity contribution in [3.05, 3.63) is 47.4 Å². The molecule has 1 heterocycles. The quantitative estimate of drug-likeness (QED) is 0.883. The van der Waals surface area contributed by atoms with Gasteiger partial charge in [-0.15, -0.1) is 0 Å². The first kappa shape index (κ1) is 13.5. The van der Waals surface area contributed by atoms with Gasteiger partial charge in [0.15, 0.2) is 11.0 Å². The van der Waals surface area contributed by atoms with Crippen molar-refractivity contribution >= 4 is 23.2 Å². The second kappa shape index (κ2) is 6.26. The Kier molecular flexibility index (Phi) is 4.43. The van der Waals surface area contributed by atoms with Crippen LogP contribution in [-0.4, -0.2) is 24.2 Å². The van der Waals surface area contributed by atoms with Gasteiger partial charge < -0.3 is 19.6 Å². The van der Waals surface area contributed by atoms with Crippen molar-refractivity contribution in [2.75, 3.05) is 18.5 Å². The molecule has 0 saturated carbocycles. The van der Waals surface area contributed by atoms with E-state index in [0.717, 1.165) is 0 Å². The van der Waals surface area contributed by atoms with Crippen LogP contribution in [0.15, 0.2) is 40.8 Å². The first-order valence-corrected chi connectivity index (χ1v) is 5.97. The molecule has 0 fully saturated rings. The fourth-order valence-electron chi connectivity index (χ4n) is 1.43. The molecule has 0 radical (unpaired) electrons. The molecule has 1 amide bonds. The van der Waals surface area contributed by atoms with Gasteiger partial charge in [0.05, 0.1) is 6.61 Å². The van der Waals surface area contributed by atoms with Gasteiger partial charge >= 0.3 is 0 Å². The molecule has 5 nitrogen and oxygen atoms in total. The van der Waals surface area contributed by atoms with E-state index in [0.29, 0.717) is 11.4 Å². The fourth-order valence-corrected chi connectivity index (χ4v) is 1.57.